The Morgan fingerprint density at radius 3 is 2.81 bits per heavy atom. The van der Waals surface area contributed by atoms with E-state index in [1.807, 2.05) is 20.8 Å². The van der Waals surface area contributed by atoms with Crippen molar-refractivity contribution in [2.75, 3.05) is 6.54 Å². The van der Waals surface area contributed by atoms with Crippen LogP contribution in [0.2, 0.25) is 5.02 Å². The summed E-state index contributed by atoms with van der Waals surface area (Å²) in [5.41, 5.74) is 0.709. The van der Waals surface area contributed by atoms with Crippen molar-refractivity contribution < 1.29 is 24.1 Å². The Kier molecular flexibility index (Phi) is 7.62. The van der Waals surface area contributed by atoms with E-state index >= 15 is 0 Å². The highest BCUT2D eigenvalue weighted by Crippen LogP contribution is 2.26. The summed E-state index contributed by atoms with van der Waals surface area (Å²) in [7, 11) is 0. The van der Waals surface area contributed by atoms with E-state index in [-0.39, 0.29) is 19.3 Å². The van der Waals surface area contributed by atoms with Crippen LogP contribution >= 0.6 is 11.6 Å². The molecule has 1 N–H and O–H groups in total. The van der Waals surface area contributed by atoms with Gasteiger partial charge in [0.05, 0.1) is 12.3 Å². The number of ether oxygens (including phenoxy) is 3. The van der Waals surface area contributed by atoms with Crippen molar-refractivity contribution in [3.05, 3.63) is 52.8 Å². The zero-order valence-corrected chi connectivity index (χ0v) is 18.9. The maximum Gasteiger partial charge on any atom is 0.413 e. The minimum atomic E-state index is -0.560. The molecule has 1 atom stereocenters. The number of halogens is 1. The van der Waals surface area contributed by atoms with Gasteiger partial charge in [-0.2, -0.15) is 0 Å². The maximum absolute atomic E-state index is 12.6. The molecule has 1 aliphatic heterocycles. The molecule has 1 saturated heterocycles. The van der Waals surface area contributed by atoms with Gasteiger partial charge >= 0.3 is 6.09 Å². The van der Waals surface area contributed by atoms with E-state index in [0.717, 1.165) is 19.3 Å². The van der Waals surface area contributed by atoms with Gasteiger partial charge in [-0.1, -0.05) is 11.6 Å². The van der Waals surface area contributed by atoms with E-state index in [2.05, 4.69) is 4.98 Å². The van der Waals surface area contributed by atoms with E-state index < -0.39 is 11.8 Å². The molecule has 2 heterocycles. The summed E-state index contributed by atoms with van der Waals surface area (Å²) in [6.07, 6.45) is 3.52. The quantitative estimate of drug-likeness (QED) is 0.674. The fraction of sp³-hybridized carbons (Fsp3) is 0.478. The molecule has 31 heavy (non-hydrogen) atoms. The third-order valence-electron chi connectivity index (χ3n) is 4.70. The van der Waals surface area contributed by atoms with Gasteiger partial charge in [0.2, 0.25) is 0 Å². The lowest BCUT2D eigenvalue weighted by molar-refractivity contribution is -0.0342. The average molecular weight is 449 g/mol. The number of hydrogen-bond donors (Lipinski definition) is 1. The second kappa shape index (κ2) is 10.2. The lowest BCUT2D eigenvalue weighted by Gasteiger charge is -2.36. The number of aromatic nitrogens is 1. The molecule has 1 aromatic heterocycles. The number of hydrogen-bond acceptors (Lipinski definition) is 6. The van der Waals surface area contributed by atoms with Gasteiger partial charge in [-0.05, 0) is 57.9 Å². The molecule has 0 aliphatic carbocycles. The molecular weight excluding hydrogens is 420 g/mol. The Hall–Kier alpha value is -2.51. The van der Waals surface area contributed by atoms with Crippen LogP contribution in [0.4, 0.5) is 4.79 Å². The molecule has 1 fully saturated rings. The molecule has 8 heteroatoms. The van der Waals surface area contributed by atoms with Crippen LogP contribution in [0.15, 0.2) is 36.5 Å². The zero-order chi connectivity index (χ0) is 22.4. The number of pyridine rings is 1. The summed E-state index contributed by atoms with van der Waals surface area (Å²) in [5.74, 6) is 1.15. The topological polar surface area (TPSA) is 81.1 Å². The number of nitrogens with zero attached hydrogens (tertiary/aromatic N) is 2. The first kappa shape index (κ1) is 23.2. The Bertz CT molecular complexity index is 900. The third kappa shape index (κ3) is 6.74. The van der Waals surface area contributed by atoms with Crippen LogP contribution in [0.5, 0.6) is 11.5 Å². The summed E-state index contributed by atoms with van der Waals surface area (Å²) in [4.78, 5) is 18.6. The molecule has 1 aliphatic rings. The Morgan fingerprint density at radius 2 is 2.06 bits per heavy atom. The minimum Gasteiger partial charge on any atom is -0.487 e. The lowest BCUT2D eigenvalue weighted by atomic mass is 10.1. The van der Waals surface area contributed by atoms with E-state index in [4.69, 9.17) is 25.8 Å². The van der Waals surface area contributed by atoms with Crippen molar-refractivity contribution in [2.45, 2.75) is 65.1 Å². The predicted molar refractivity (Wildman–Crippen MR) is 117 cm³/mol. The number of likely N-dealkylation sites (tertiary alicyclic amines) is 1. The normalized spacial score (nSPS) is 16.7. The number of carbonyl (C=O) groups excluding carboxylic acids is 1. The van der Waals surface area contributed by atoms with E-state index in [0.29, 0.717) is 34.3 Å². The summed E-state index contributed by atoms with van der Waals surface area (Å²) >= 11 is 5.96. The van der Waals surface area contributed by atoms with Crippen molar-refractivity contribution in [1.29, 1.82) is 0 Å². The standard InChI is InChI=1S/C23H29ClN2O5/c1-23(2,3)31-22(28)26-11-5-4-6-21(26)30-19-9-10-25-18(13-19)15-29-20-8-7-17(24)12-16(20)14-27/h7-10,12-13,21,27H,4-6,11,14-15H2,1-3H3. The van der Waals surface area contributed by atoms with E-state index in [9.17, 15) is 9.90 Å². The molecular formula is C23H29ClN2O5. The summed E-state index contributed by atoms with van der Waals surface area (Å²) in [5, 5.41) is 10.0. The molecule has 0 radical (unpaired) electrons. The summed E-state index contributed by atoms with van der Waals surface area (Å²) in [6, 6.07) is 8.63. The first-order chi connectivity index (χ1) is 14.7. The Labute approximate surface area is 187 Å². The highest BCUT2D eigenvalue weighted by atomic mass is 35.5. The number of carbonyl (C=O) groups is 1. The highest BCUT2D eigenvalue weighted by Gasteiger charge is 2.31. The van der Waals surface area contributed by atoms with Crippen molar-refractivity contribution in [3.8, 4) is 11.5 Å². The van der Waals surface area contributed by atoms with Gasteiger partial charge in [-0.3, -0.25) is 9.88 Å². The van der Waals surface area contributed by atoms with Gasteiger partial charge in [0.1, 0.15) is 23.7 Å². The molecule has 1 amide bonds. The molecule has 2 aromatic rings. The van der Waals surface area contributed by atoms with Crippen LogP contribution in [0.1, 0.15) is 51.3 Å². The van der Waals surface area contributed by atoms with Crippen LogP contribution in [0.3, 0.4) is 0 Å². The highest BCUT2D eigenvalue weighted by molar-refractivity contribution is 6.30. The largest absolute Gasteiger partial charge is 0.487 e. The van der Waals surface area contributed by atoms with E-state index in [1.54, 1.807) is 41.4 Å². The fourth-order valence-corrected chi connectivity index (χ4v) is 3.48. The third-order valence-corrected chi connectivity index (χ3v) is 4.94. The van der Waals surface area contributed by atoms with Crippen molar-refractivity contribution in [3.63, 3.8) is 0 Å². The van der Waals surface area contributed by atoms with Crippen molar-refractivity contribution >= 4 is 17.7 Å². The predicted octanol–water partition coefficient (Wildman–Crippen LogP) is 4.93. The Balaban J connectivity index is 1.66. The van der Waals surface area contributed by atoms with E-state index in [1.165, 1.54) is 0 Å². The molecule has 0 bridgehead atoms. The second-order valence-corrected chi connectivity index (χ2v) is 8.86. The maximum atomic E-state index is 12.6. The van der Waals surface area contributed by atoms with Gasteiger partial charge < -0.3 is 19.3 Å². The molecule has 0 saturated carbocycles. The van der Waals surface area contributed by atoms with Crippen LogP contribution in [-0.2, 0) is 18.0 Å². The second-order valence-electron chi connectivity index (χ2n) is 8.42. The Morgan fingerprint density at radius 1 is 1.26 bits per heavy atom. The molecule has 1 aromatic carbocycles. The molecule has 1 unspecified atom stereocenters. The summed E-state index contributed by atoms with van der Waals surface area (Å²) < 4.78 is 17.5. The van der Waals surface area contributed by atoms with Crippen molar-refractivity contribution in [1.82, 2.24) is 9.88 Å². The molecule has 168 valence electrons. The number of amides is 1. The molecule has 7 nitrogen and oxygen atoms in total. The molecule has 3 rings (SSSR count). The van der Waals surface area contributed by atoms with Gasteiger partial charge in [0.15, 0.2) is 6.23 Å². The number of piperidine rings is 1. The van der Waals surface area contributed by atoms with Gasteiger partial charge in [0.25, 0.3) is 0 Å². The fourth-order valence-electron chi connectivity index (χ4n) is 3.28. The van der Waals surface area contributed by atoms with Gasteiger partial charge in [0, 0.05) is 35.8 Å². The van der Waals surface area contributed by atoms with Crippen LogP contribution in [0, 0.1) is 0 Å². The number of aliphatic hydroxyl groups excluding tert-OH is 1. The van der Waals surface area contributed by atoms with Crippen LogP contribution < -0.4 is 9.47 Å². The number of benzene rings is 1. The zero-order valence-electron chi connectivity index (χ0n) is 18.1. The molecule has 0 spiro atoms. The lowest BCUT2D eigenvalue weighted by Crippen LogP contribution is -2.48. The summed E-state index contributed by atoms with van der Waals surface area (Å²) in [6.45, 7) is 6.18. The van der Waals surface area contributed by atoms with Gasteiger partial charge in [-0.25, -0.2) is 4.79 Å². The smallest absolute Gasteiger partial charge is 0.413 e. The monoisotopic (exact) mass is 448 g/mol. The van der Waals surface area contributed by atoms with Crippen molar-refractivity contribution in [2.24, 2.45) is 0 Å². The minimum absolute atomic E-state index is 0.172. The number of rotatable bonds is 6. The SMILES string of the molecule is CC(C)(C)OC(=O)N1CCCCC1Oc1ccnc(COc2ccc(Cl)cc2CO)c1. The number of aliphatic hydroxyl groups is 1. The first-order valence-corrected chi connectivity index (χ1v) is 10.8. The van der Waals surface area contributed by atoms with Crippen LogP contribution in [-0.4, -0.2) is 39.5 Å². The first-order valence-electron chi connectivity index (χ1n) is 10.4. The average Bonchev–Trinajstić information content (AvgIpc) is 2.72. The van der Waals surface area contributed by atoms with Gasteiger partial charge in [-0.15, -0.1) is 0 Å². The van der Waals surface area contributed by atoms with Crippen LogP contribution in [0.25, 0.3) is 0 Å².